The summed E-state index contributed by atoms with van der Waals surface area (Å²) in [6, 6.07) is 4.20. The van der Waals surface area contributed by atoms with Gasteiger partial charge in [0.15, 0.2) is 0 Å². The van der Waals surface area contributed by atoms with Gasteiger partial charge in [-0.15, -0.1) is 11.3 Å². The molecule has 0 aliphatic rings. The fourth-order valence-electron chi connectivity index (χ4n) is 1.37. The maximum atomic E-state index is 5.31. The topological polar surface area (TPSA) is 38.1 Å². The lowest BCUT2D eigenvalue weighted by Gasteiger charge is -2.11. The van der Waals surface area contributed by atoms with Crippen LogP contribution in [0.25, 0.3) is 0 Å². The molecular weight excluding hydrogens is 196 g/mol. The van der Waals surface area contributed by atoms with E-state index in [0.717, 1.165) is 12.2 Å². The molecule has 0 amide bonds. The molecule has 0 saturated heterocycles. The number of hydrogen-bond acceptors (Lipinski definition) is 4. The maximum Gasteiger partial charge on any atom is 0.105 e. The van der Waals surface area contributed by atoms with Crippen LogP contribution in [0.1, 0.15) is 16.7 Å². The summed E-state index contributed by atoms with van der Waals surface area (Å²) < 4.78 is 5.31. The zero-order valence-corrected chi connectivity index (χ0v) is 8.75. The minimum Gasteiger partial charge on any atom is -0.469 e. The molecule has 74 valence electrons. The lowest BCUT2D eigenvalue weighted by molar-refractivity contribution is 0.468. The van der Waals surface area contributed by atoms with E-state index in [2.05, 4.69) is 10.3 Å². The van der Waals surface area contributed by atoms with Gasteiger partial charge in [-0.25, -0.2) is 0 Å². The van der Waals surface area contributed by atoms with Gasteiger partial charge in [0.1, 0.15) is 5.76 Å². The van der Waals surface area contributed by atoms with E-state index in [0.29, 0.717) is 6.04 Å². The van der Waals surface area contributed by atoms with Crippen LogP contribution >= 0.6 is 11.3 Å². The molecule has 0 fully saturated rings. The minimum absolute atomic E-state index is 0.300. The molecule has 3 nitrogen and oxygen atoms in total. The zero-order valence-electron chi connectivity index (χ0n) is 7.93. The molecule has 0 aliphatic heterocycles. The van der Waals surface area contributed by atoms with Crippen LogP contribution in [-0.2, 0) is 6.42 Å². The lowest BCUT2D eigenvalue weighted by atomic mass is 10.1. The third kappa shape index (κ3) is 2.02. The van der Waals surface area contributed by atoms with Crippen LogP contribution in [0.15, 0.2) is 34.5 Å². The fraction of sp³-hybridized carbons (Fsp3) is 0.300. The number of thiazole rings is 1. The van der Waals surface area contributed by atoms with E-state index in [-0.39, 0.29) is 0 Å². The van der Waals surface area contributed by atoms with Gasteiger partial charge in [0.05, 0.1) is 11.8 Å². The first-order chi connectivity index (χ1) is 6.90. The van der Waals surface area contributed by atoms with Crippen molar-refractivity contribution in [3.63, 3.8) is 0 Å². The highest BCUT2D eigenvalue weighted by Gasteiger charge is 2.12. The van der Waals surface area contributed by atoms with Gasteiger partial charge in [0.25, 0.3) is 0 Å². The number of likely N-dealkylation sites (N-methyl/N-ethyl adjacent to an activating group) is 1. The van der Waals surface area contributed by atoms with Crippen molar-refractivity contribution < 1.29 is 4.42 Å². The number of furan rings is 1. The summed E-state index contributed by atoms with van der Waals surface area (Å²) in [5.41, 5.74) is 1.85. The summed E-state index contributed by atoms with van der Waals surface area (Å²) in [5, 5.41) is 3.25. The van der Waals surface area contributed by atoms with Crippen molar-refractivity contribution in [1.82, 2.24) is 10.3 Å². The highest BCUT2D eigenvalue weighted by molar-refractivity contribution is 7.09. The van der Waals surface area contributed by atoms with E-state index >= 15 is 0 Å². The molecule has 0 aromatic carbocycles. The van der Waals surface area contributed by atoms with E-state index in [1.165, 1.54) is 4.88 Å². The van der Waals surface area contributed by atoms with Crippen LogP contribution in [0, 0.1) is 0 Å². The summed E-state index contributed by atoms with van der Waals surface area (Å²) in [4.78, 5) is 5.31. The Morgan fingerprint density at radius 2 is 2.57 bits per heavy atom. The molecule has 1 N–H and O–H groups in total. The van der Waals surface area contributed by atoms with Crippen molar-refractivity contribution in [3.05, 3.63) is 40.7 Å². The van der Waals surface area contributed by atoms with E-state index in [9.17, 15) is 0 Å². The van der Waals surface area contributed by atoms with Gasteiger partial charge >= 0.3 is 0 Å². The minimum atomic E-state index is 0.300. The third-order valence-corrected chi connectivity index (χ3v) is 3.02. The van der Waals surface area contributed by atoms with Crippen molar-refractivity contribution in [2.45, 2.75) is 12.5 Å². The zero-order chi connectivity index (χ0) is 9.80. The summed E-state index contributed by atoms with van der Waals surface area (Å²) in [5.74, 6) is 0.998. The van der Waals surface area contributed by atoms with Crippen LogP contribution < -0.4 is 5.32 Å². The van der Waals surface area contributed by atoms with E-state index in [4.69, 9.17) is 4.42 Å². The Labute approximate surface area is 86.8 Å². The molecule has 2 aromatic rings. The van der Waals surface area contributed by atoms with Crippen LogP contribution in [0.2, 0.25) is 0 Å². The molecule has 0 bridgehead atoms. The summed E-state index contributed by atoms with van der Waals surface area (Å²) in [7, 11) is 1.95. The molecule has 1 atom stereocenters. The Morgan fingerprint density at radius 3 is 3.14 bits per heavy atom. The van der Waals surface area contributed by atoms with Crippen LogP contribution in [0.4, 0.5) is 0 Å². The van der Waals surface area contributed by atoms with Gasteiger partial charge in [0, 0.05) is 23.5 Å². The molecular formula is C10H12N2OS. The Kier molecular flexibility index (Phi) is 2.96. The predicted octanol–water partition coefficient (Wildman–Crippen LogP) is 2.24. The molecule has 1 unspecified atom stereocenters. The van der Waals surface area contributed by atoms with Crippen LogP contribution in [0.5, 0.6) is 0 Å². The first-order valence-electron chi connectivity index (χ1n) is 4.48. The largest absolute Gasteiger partial charge is 0.469 e. The second kappa shape index (κ2) is 4.39. The maximum absolute atomic E-state index is 5.31. The standard InChI is InChI=1S/C10H12N2OS/c1-11-9(10-6-12-7-14-10)5-8-3-2-4-13-8/h2-4,6-7,9,11H,5H2,1H3. The molecule has 4 heteroatoms. The highest BCUT2D eigenvalue weighted by Crippen LogP contribution is 2.21. The van der Waals surface area contributed by atoms with Crippen molar-refractivity contribution >= 4 is 11.3 Å². The van der Waals surface area contributed by atoms with Gasteiger partial charge in [-0.3, -0.25) is 4.98 Å². The number of rotatable bonds is 4. The second-order valence-electron chi connectivity index (χ2n) is 3.03. The van der Waals surface area contributed by atoms with Crippen molar-refractivity contribution in [2.24, 2.45) is 0 Å². The van der Waals surface area contributed by atoms with Gasteiger partial charge < -0.3 is 9.73 Å². The number of aromatic nitrogens is 1. The summed E-state index contributed by atoms with van der Waals surface area (Å²) in [6.45, 7) is 0. The number of nitrogens with zero attached hydrogens (tertiary/aromatic N) is 1. The first-order valence-corrected chi connectivity index (χ1v) is 5.36. The Bertz CT molecular complexity index is 355. The fourth-order valence-corrected chi connectivity index (χ4v) is 2.10. The van der Waals surface area contributed by atoms with Crippen molar-refractivity contribution in [3.8, 4) is 0 Å². The average molecular weight is 208 g/mol. The monoisotopic (exact) mass is 208 g/mol. The van der Waals surface area contributed by atoms with Crippen molar-refractivity contribution in [2.75, 3.05) is 7.05 Å². The van der Waals surface area contributed by atoms with E-state index < -0.39 is 0 Å². The van der Waals surface area contributed by atoms with Crippen LogP contribution in [0.3, 0.4) is 0 Å². The summed E-state index contributed by atoms with van der Waals surface area (Å²) in [6.07, 6.45) is 4.47. The molecule has 2 aromatic heterocycles. The summed E-state index contributed by atoms with van der Waals surface area (Å²) >= 11 is 1.66. The predicted molar refractivity (Wildman–Crippen MR) is 56.3 cm³/mol. The van der Waals surface area contributed by atoms with E-state index in [1.807, 2.05) is 30.9 Å². The van der Waals surface area contributed by atoms with E-state index in [1.54, 1.807) is 17.6 Å². The SMILES string of the molecule is CNC(Cc1ccco1)c1cncs1. The molecule has 0 saturated carbocycles. The number of nitrogens with one attached hydrogen (secondary N) is 1. The van der Waals surface area contributed by atoms with Crippen LogP contribution in [-0.4, -0.2) is 12.0 Å². The average Bonchev–Trinajstić information content (AvgIpc) is 2.86. The van der Waals surface area contributed by atoms with Gasteiger partial charge in [-0.1, -0.05) is 0 Å². The Balaban J connectivity index is 2.08. The normalized spacial score (nSPS) is 12.9. The first kappa shape index (κ1) is 9.43. The molecule has 14 heavy (non-hydrogen) atoms. The smallest absolute Gasteiger partial charge is 0.105 e. The van der Waals surface area contributed by atoms with Gasteiger partial charge in [-0.2, -0.15) is 0 Å². The van der Waals surface area contributed by atoms with Crippen molar-refractivity contribution in [1.29, 1.82) is 0 Å². The molecule has 2 rings (SSSR count). The molecule has 0 spiro atoms. The Morgan fingerprint density at radius 1 is 1.64 bits per heavy atom. The Hall–Kier alpha value is -1.13. The lowest BCUT2D eigenvalue weighted by Crippen LogP contribution is -2.17. The second-order valence-corrected chi connectivity index (χ2v) is 3.95. The van der Waals surface area contributed by atoms with Gasteiger partial charge in [-0.05, 0) is 19.2 Å². The highest BCUT2D eigenvalue weighted by atomic mass is 32.1. The molecule has 2 heterocycles. The van der Waals surface area contributed by atoms with Gasteiger partial charge in [0.2, 0.25) is 0 Å². The third-order valence-electron chi connectivity index (χ3n) is 2.13. The molecule has 0 radical (unpaired) electrons. The molecule has 0 aliphatic carbocycles. The number of hydrogen-bond donors (Lipinski definition) is 1. The quantitative estimate of drug-likeness (QED) is 0.837.